The molecule has 0 bridgehead atoms. The highest BCUT2D eigenvalue weighted by atomic mass is 35.5. The molecule has 0 unspecified atom stereocenters. The standard InChI is InChI=1S/C26H18ClN5S/c1-32(21-6-3-8-29-15-21)22-11-23(17-7-9-33-16-17)26-24(12-22)25(18(13-28)14-30-26)31-20-5-2-4-19(27)10-20/h2-12,14-16H,1H3,(H,30,31). The second-order valence-electron chi connectivity index (χ2n) is 7.47. The van der Waals surface area contributed by atoms with E-state index in [9.17, 15) is 5.26 Å². The fourth-order valence-corrected chi connectivity index (χ4v) is 4.60. The zero-order valence-electron chi connectivity index (χ0n) is 17.7. The lowest BCUT2D eigenvalue weighted by Gasteiger charge is -2.22. The minimum atomic E-state index is 0.458. The molecule has 0 aliphatic rings. The van der Waals surface area contributed by atoms with E-state index in [4.69, 9.17) is 11.6 Å². The molecule has 0 atom stereocenters. The Labute approximate surface area is 200 Å². The third-order valence-electron chi connectivity index (χ3n) is 5.42. The summed E-state index contributed by atoms with van der Waals surface area (Å²) in [6, 6.07) is 19.9. The van der Waals surface area contributed by atoms with Crippen LogP contribution in [0.5, 0.6) is 0 Å². The molecule has 1 N–H and O–H groups in total. The maximum atomic E-state index is 9.85. The van der Waals surface area contributed by atoms with E-state index in [0.717, 1.165) is 39.1 Å². The predicted molar refractivity (Wildman–Crippen MR) is 137 cm³/mol. The number of thiophene rings is 1. The second kappa shape index (κ2) is 8.91. The molecule has 5 rings (SSSR count). The molecule has 0 saturated carbocycles. The van der Waals surface area contributed by atoms with E-state index in [1.807, 2.05) is 55.0 Å². The first-order valence-electron chi connectivity index (χ1n) is 10.2. The van der Waals surface area contributed by atoms with E-state index in [0.29, 0.717) is 16.3 Å². The molecule has 3 heterocycles. The zero-order chi connectivity index (χ0) is 22.8. The number of hydrogen-bond donors (Lipinski definition) is 1. The predicted octanol–water partition coefficient (Wildman–Crippen LogP) is 7.39. The summed E-state index contributed by atoms with van der Waals surface area (Å²) >= 11 is 7.84. The molecule has 33 heavy (non-hydrogen) atoms. The van der Waals surface area contributed by atoms with Gasteiger partial charge in [0.25, 0.3) is 0 Å². The Kier molecular flexibility index (Phi) is 5.66. The van der Waals surface area contributed by atoms with Crippen LogP contribution in [0.2, 0.25) is 5.02 Å². The van der Waals surface area contributed by atoms with Crippen LogP contribution in [0, 0.1) is 11.3 Å². The van der Waals surface area contributed by atoms with Crippen LogP contribution in [-0.2, 0) is 0 Å². The van der Waals surface area contributed by atoms with Gasteiger partial charge in [-0.2, -0.15) is 16.6 Å². The molecule has 160 valence electrons. The zero-order valence-corrected chi connectivity index (χ0v) is 19.2. The van der Waals surface area contributed by atoms with Crippen molar-refractivity contribution in [1.29, 1.82) is 5.26 Å². The van der Waals surface area contributed by atoms with Crippen molar-refractivity contribution in [3.05, 3.63) is 94.5 Å². The average Bonchev–Trinajstić information content (AvgIpc) is 3.39. The Bertz CT molecular complexity index is 1480. The molecule has 0 fully saturated rings. The van der Waals surface area contributed by atoms with Crippen molar-refractivity contribution in [2.75, 3.05) is 17.3 Å². The van der Waals surface area contributed by atoms with E-state index < -0.39 is 0 Å². The summed E-state index contributed by atoms with van der Waals surface area (Å²) in [5.41, 5.74) is 6.78. The van der Waals surface area contributed by atoms with Gasteiger partial charge in [-0.25, -0.2) is 0 Å². The number of fused-ring (bicyclic) bond motifs is 1. The number of halogens is 1. The highest BCUT2D eigenvalue weighted by molar-refractivity contribution is 7.08. The highest BCUT2D eigenvalue weighted by Gasteiger charge is 2.17. The Hall–Kier alpha value is -3.92. The number of anilines is 4. The van der Waals surface area contributed by atoms with Crippen LogP contribution >= 0.6 is 22.9 Å². The first-order chi connectivity index (χ1) is 16.1. The van der Waals surface area contributed by atoms with Crippen molar-refractivity contribution >= 4 is 56.6 Å². The van der Waals surface area contributed by atoms with Crippen molar-refractivity contribution in [3.8, 4) is 17.2 Å². The van der Waals surface area contributed by atoms with Crippen molar-refractivity contribution in [1.82, 2.24) is 9.97 Å². The van der Waals surface area contributed by atoms with Gasteiger partial charge in [-0.15, -0.1) is 0 Å². The number of rotatable bonds is 5. The van der Waals surface area contributed by atoms with Crippen molar-refractivity contribution in [2.45, 2.75) is 0 Å². The molecule has 2 aromatic carbocycles. The lowest BCUT2D eigenvalue weighted by atomic mass is 10.00. The van der Waals surface area contributed by atoms with Gasteiger partial charge in [-0.3, -0.25) is 9.97 Å². The Morgan fingerprint density at radius 1 is 1.06 bits per heavy atom. The van der Waals surface area contributed by atoms with Crippen LogP contribution in [0.4, 0.5) is 22.7 Å². The molecule has 0 aliphatic heterocycles. The van der Waals surface area contributed by atoms with E-state index in [-0.39, 0.29) is 0 Å². The molecule has 0 saturated heterocycles. The number of nitrogens with one attached hydrogen (secondary N) is 1. The summed E-state index contributed by atoms with van der Waals surface area (Å²) in [4.78, 5) is 11.0. The van der Waals surface area contributed by atoms with Gasteiger partial charge in [0.05, 0.1) is 28.7 Å². The normalized spacial score (nSPS) is 10.7. The van der Waals surface area contributed by atoms with Gasteiger partial charge in [-0.1, -0.05) is 17.7 Å². The molecular formula is C26H18ClN5S. The van der Waals surface area contributed by atoms with Crippen molar-refractivity contribution < 1.29 is 0 Å². The van der Waals surface area contributed by atoms with Gasteiger partial charge in [0.2, 0.25) is 0 Å². The van der Waals surface area contributed by atoms with E-state index in [1.54, 1.807) is 23.7 Å². The lowest BCUT2D eigenvalue weighted by Crippen LogP contribution is -2.10. The fraction of sp³-hybridized carbons (Fsp3) is 0.0385. The minimum Gasteiger partial charge on any atom is -0.354 e. The van der Waals surface area contributed by atoms with Crippen LogP contribution in [0.25, 0.3) is 22.0 Å². The number of benzene rings is 2. The van der Waals surface area contributed by atoms with Crippen molar-refractivity contribution in [3.63, 3.8) is 0 Å². The monoisotopic (exact) mass is 467 g/mol. The van der Waals surface area contributed by atoms with E-state index >= 15 is 0 Å². The molecule has 0 spiro atoms. The van der Waals surface area contributed by atoms with Crippen LogP contribution in [0.1, 0.15) is 5.56 Å². The first-order valence-corrected chi connectivity index (χ1v) is 11.5. The number of hydrogen-bond acceptors (Lipinski definition) is 6. The number of aromatic nitrogens is 2. The van der Waals surface area contributed by atoms with Crippen LogP contribution in [-0.4, -0.2) is 17.0 Å². The molecule has 0 amide bonds. The maximum absolute atomic E-state index is 9.85. The third kappa shape index (κ3) is 4.12. The van der Waals surface area contributed by atoms with Gasteiger partial charge in [0.15, 0.2) is 0 Å². The van der Waals surface area contributed by atoms with E-state index in [1.165, 1.54) is 0 Å². The molecule has 5 nitrogen and oxygen atoms in total. The van der Waals surface area contributed by atoms with E-state index in [2.05, 4.69) is 49.8 Å². The average molecular weight is 468 g/mol. The van der Waals surface area contributed by atoms with Crippen molar-refractivity contribution in [2.24, 2.45) is 0 Å². The lowest BCUT2D eigenvalue weighted by molar-refractivity contribution is 1.18. The molecule has 5 aromatic rings. The van der Waals surface area contributed by atoms with Crippen LogP contribution in [0.15, 0.2) is 83.9 Å². The summed E-state index contributed by atoms with van der Waals surface area (Å²) in [5.74, 6) is 0. The number of nitrogens with zero attached hydrogens (tertiary/aromatic N) is 4. The topological polar surface area (TPSA) is 64.8 Å². The summed E-state index contributed by atoms with van der Waals surface area (Å²) in [7, 11) is 2.00. The van der Waals surface area contributed by atoms with Gasteiger partial charge in [0, 0.05) is 46.8 Å². The molecule has 3 aromatic heterocycles. The minimum absolute atomic E-state index is 0.458. The number of pyridine rings is 2. The molecule has 0 radical (unpaired) electrons. The highest BCUT2D eigenvalue weighted by Crippen LogP contribution is 2.39. The van der Waals surface area contributed by atoms with Gasteiger partial charge in [-0.05, 0) is 64.9 Å². The van der Waals surface area contributed by atoms with Gasteiger partial charge < -0.3 is 10.2 Å². The summed E-state index contributed by atoms with van der Waals surface area (Å²) < 4.78 is 0. The van der Waals surface area contributed by atoms with Crippen LogP contribution in [0.3, 0.4) is 0 Å². The molecule has 7 heteroatoms. The summed E-state index contributed by atoms with van der Waals surface area (Å²) in [6.07, 6.45) is 5.20. The maximum Gasteiger partial charge on any atom is 0.103 e. The van der Waals surface area contributed by atoms with Gasteiger partial charge in [0.1, 0.15) is 6.07 Å². The Morgan fingerprint density at radius 2 is 1.97 bits per heavy atom. The molecular weight excluding hydrogens is 450 g/mol. The smallest absolute Gasteiger partial charge is 0.103 e. The van der Waals surface area contributed by atoms with Gasteiger partial charge >= 0.3 is 0 Å². The second-order valence-corrected chi connectivity index (χ2v) is 8.68. The quantitative estimate of drug-likeness (QED) is 0.292. The fourth-order valence-electron chi connectivity index (χ4n) is 3.75. The van der Waals surface area contributed by atoms with Crippen LogP contribution < -0.4 is 10.2 Å². The largest absolute Gasteiger partial charge is 0.354 e. The third-order valence-corrected chi connectivity index (χ3v) is 6.34. The summed E-state index contributed by atoms with van der Waals surface area (Å²) in [5, 5.41) is 18.9. The first kappa shape index (κ1) is 21.0. The Morgan fingerprint density at radius 3 is 2.70 bits per heavy atom. The Balaban J connectivity index is 1.77. The molecule has 0 aliphatic carbocycles. The SMILES string of the molecule is CN(c1cccnc1)c1cc(-c2ccsc2)c2ncc(C#N)c(Nc3cccc(Cl)c3)c2c1. The summed E-state index contributed by atoms with van der Waals surface area (Å²) in [6.45, 7) is 0. The number of nitriles is 1.